The van der Waals surface area contributed by atoms with E-state index in [9.17, 15) is 9.59 Å². The largest absolute Gasteiger partial charge is 0.481 e. The van der Waals surface area contributed by atoms with Gasteiger partial charge in [-0.25, -0.2) is 0 Å². The predicted octanol–water partition coefficient (Wildman–Crippen LogP) is 2.35. The minimum atomic E-state index is -0.894. The van der Waals surface area contributed by atoms with E-state index >= 15 is 0 Å². The van der Waals surface area contributed by atoms with Crippen LogP contribution < -0.4 is 0 Å². The van der Waals surface area contributed by atoms with Crippen molar-refractivity contribution in [3.63, 3.8) is 0 Å². The molecule has 0 saturated heterocycles. The second kappa shape index (κ2) is 5.77. The number of amides is 1. The molecule has 1 heterocycles. The number of nitrogens with zero attached hydrogens (tertiary/aromatic N) is 1. The molecular formula is C15H18N2O3. The Kier molecular flexibility index (Phi) is 4.08. The number of aliphatic carboxylic acids is 1. The van der Waals surface area contributed by atoms with E-state index in [0.29, 0.717) is 12.1 Å². The molecule has 0 saturated carbocycles. The predicted molar refractivity (Wildman–Crippen MR) is 76.7 cm³/mol. The lowest BCUT2D eigenvalue weighted by molar-refractivity contribution is -0.141. The first-order valence-corrected chi connectivity index (χ1v) is 6.62. The van der Waals surface area contributed by atoms with E-state index in [2.05, 4.69) is 4.98 Å². The van der Waals surface area contributed by atoms with Gasteiger partial charge in [-0.15, -0.1) is 0 Å². The molecule has 1 aromatic carbocycles. The number of carboxylic acids is 1. The van der Waals surface area contributed by atoms with Crippen LogP contribution in [0.4, 0.5) is 0 Å². The van der Waals surface area contributed by atoms with Gasteiger partial charge >= 0.3 is 5.97 Å². The molecule has 0 spiro atoms. The Bertz CT molecular complexity index is 633. The van der Waals surface area contributed by atoms with E-state index in [-0.39, 0.29) is 12.5 Å². The number of fused-ring (bicyclic) bond motifs is 1. The number of carbonyl (C=O) groups is 2. The first-order chi connectivity index (χ1) is 9.54. The molecule has 0 radical (unpaired) electrons. The smallest absolute Gasteiger partial charge is 0.308 e. The number of nitrogens with one attached hydrogen (secondary N) is 1. The van der Waals surface area contributed by atoms with Gasteiger partial charge in [0.1, 0.15) is 0 Å². The summed E-state index contributed by atoms with van der Waals surface area (Å²) in [5, 5.41) is 9.94. The number of carboxylic acid groups (broad SMARTS) is 1. The molecule has 1 unspecified atom stereocenters. The van der Waals surface area contributed by atoms with E-state index < -0.39 is 11.9 Å². The third kappa shape index (κ3) is 2.66. The second-order valence-corrected chi connectivity index (χ2v) is 4.83. The number of benzene rings is 1. The Hall–Kier alpha value is -2.30. The van der Waals surface area contributed by atoms with E-state index in [1.807, 2.05) is 25.1 Å². The average molecular weight is 274 g/mol. The Balaban J connectivity index is 2.28. The van der Waals surface area contributed by atoms with Gasteiger partial charge in [-0.1, -0.05) is 19.1 Å². The fourth-order valence-corrected chi connectivity index (χ4v) is 2.20. The number of hydrogen-bond acceptors (Lipinski definition) is 2. The van der Waals surface area contributed by atoms with E-state index in [1.54, 1.807) is 24.1 Å². The van der Waals surface area contributed by atoms with Crippen LogP contribution in [0.2, 0.25) is 0 Å². The molecule has 5 heteroatoms. The van der Waals surface area contributed by atoms with Crippen LogP contribution in [-0.2, 0) is 4.79 Å². The first-order valence-electron chi connectivity index (χ1n) is 6.62. The van der Waals surface area contributed by atoms with Crippen molar-refractivity contribution in [1.82, 2.24) is 9.88 Å². The van der Waals surface area contributed by atoms with Gasteiger partial charge in [-0.3, -0.25) is 9.59 Å². The summed E-state index contributed by atoms with van der Waals surface area (Å²) in [5.41, 5.74) is 1.37. The van der Waals surface area contributed by atoms with E-state index in [1.165, 1.54) is 0 Å². The quantitative estimate of drug-likeness (QED) is 0.879. The first kappa shape index (κ1) is 14.1. The van der Waals surface area contributed by atoms with Crippen LogP contribution in [0.5, 0.6) is 0 Å². The molecular weight excluding hydrogens is 256 g/mol. The minimum absolute atomic E-state index is 0.145. The molecule has 1 atom stereocenters. The maximum Gasteiger partial charge on any atom is 0.308 e. The summed E-state index contributed by atoms with van der Waals surface area (Å²) >= 11 is 0. The molecule has 0 fully saturated rings. The molecule has 2 aromatic rings. The molecule has 106 valence electrons. The SMILES string of the molecule is CCN(CC(C)C(=O)O)C(=O)c1cccc2cc[nH]c12. The highest BCUT2D eigenvalue weighted by Gasteiger charge is 2.21. The lowest BCUT2D eigenvalue weighted by Gasteiger charge is -2.23. The van der Waals surface area contributed by atoms with Crippen LogP contribution in [0.1, 0.15) is 24.2 Å². The zero-order valence-electron chi connectivity index (χ0n) is 11.6. The molecule has 20 heavy (non-hydrogen) atoms. The lowest BCUT2D eigenvalue weighted by atomic mass is 10.1. The van der Waals surface area contributed by atoms with Gasteiger partial charge in [0, 0.05) is 24.7 Å². The summed E-state index contributed by atoms with van der Waals surface area (Å²) in [6.45, 7) is 4.14. The van der Waals surface area contributed by atoms with Gasteiger partial charge in [0.15, 0.2) is 0 Å². The summed E-state index contributed by atoms with van der Waals surface area (Å²) in [5.74, 6) is -1.62. The van der Waals surface area contributed by atoms with Crippen molar-refractivity contribution in [1.29, 1.82) is 0 Å². The highest BCUT2D eigenvalue weighted by molar-refractivity contribution is 6.05. The maximum absolute atomic E-state index is 12.6. The average Bonchev–Trinajstić information content (AvgIpc) is 2.91. The summed E-state index contributed by atoms with van der Waals surface area (Å²) in [6.07, 6.45) is 1.79. The van der Waals surface area contributed by atoms with Crippen LogP contribution in [0, 0.1) is 5.92 Å². The molecule has 0 aliphatic rings. The highest BCUT2D eigenvalue weighted by Crippen LogP contribution is 2.19. The van der Waals surface area contributed by atoms with Gasteiger partial charge in [0.25, 0.3) is 5.91 Å². The number of carbonyl (C=O) groups excluding carboxylic acids is 1. The summed E-state index contributed by atoms with van der Waals surface area (Å²) in [4.78, 5) is 28.1. The van der Waals surface area contributed by atoms with Crippen LogP contribution in [-0.4, -0.2) is 40.0 Å². The second-order valence-electron chi connectivity index (χ2n) is 4.83. The Labute approximate surface area is 117 Å². The zero-order valence-corrected chi connectivity index (χ0v) is 11.6. The van der Waals surface area contributed by atoms with Crippen molar-refractivity contribution in [3.05, 3.63) is 36.0 Å². The Morgan fingerprint density at radius 2 is 2.10 bits per heavy atom. The monoisotopic (exact) mass is 274 g/mol. The van der Waals surface area contributed by atoms with Crippen LogP contribution in [0.15, 0.2) is 30.5 Å². The van der Waals surface area contributed by atoms with Gasteiger partial charge in [-0.05, 0) is 19.1 Å². The van der Waals surface area contributed by atoms with Crippen LogP contribution >= 0.6 is 0 Å². The van der Waals surface area contributed by atoms with Crippen molar-refractivity contribution < 1.29 is 14.7 Å². The standard InChI is InChI=1S/C15H18N2O3/c1-3-17(9-10(2)15(19)20)14(18)12-6-4-5-11-7-8-16-13(11)12/h4-8,10,16H,3,9H2,1-2H3,(H,19,20). The van der Waals surface area contributed by atoms with Crippen molar-refractivity contribution in [2.45, 2.75) is 13.8 Å². The zero-order chi connectivity index (χ0) is 14.7. The molecule has 0 aliphatic carbocycles. The summed E-state index contributed by atoms with van der Waals surface area (Å²) in [6, 6.07) is 7.42. The van der Waals surface area contributed by atoms with Crippen molar-refractivity contribution in [2.75, 3.05) is 13.1 Å². The van der Waals surface area contributed by atoms with Gasteiger partial charge < -0.3 is 15.0 Å². The van der Waals surface area contributed by atoms with Gasteiger partial charge in [0.2, 0.25) is 0 Å². The topological polar surface area (TPSA) is 73.4 Å². The number of H-pyrrole nitrogens is 1. The van der Waals surface area contributed by atoms with E-state index in [0.717, 1.165) is 10.9 Å². The molecule has 2 rings (SSSR count). The number of rotatable bonds is 5. The summed E-state index contributed by atoms with van der Waals surface area (Å²) < 4.78 is 0. The maximum atomic E-state index is 12.6. The van der Waals surface area contributed by atoms with Crippen molar-refractivity contribution in [2.24, 2.45) is 5.92 Å². The van der Waals surface area contributed by atoms with Gasteiger partial charge in [-0.2, -0.15) is 0 Å². The van der Waals surface area contributed by atoms with Gasteiger partial charge in [0.05, 0.1) is 17.0 Å². The number of aromatic amines is 1. The molecule has 1 aromatic heterocycles. The Morgan fingerprint density at radius 1 is 1.35 bits per heavy atom. The Morgan fingerprint density at radius 3 is 2.75 bits per heavy atom. The number of hydrogen-bond donors (Lipinski definition) is 2. The van der Waals surface area contributed by atoms with Crippen molar-refractivity contribution >= 4 is 22.8 Å². The third-order valence-electron chi connectivity index (χ3n) is 3.40. The molecule has 5 nitrogen and oxygen atoms in total. The number of aromatic nitrogens is 1. The third-order valence-corrected chi connectivity index (χ3v) is 3.40. The van der Waals surface area contributed by atoms with E-state index in [4.69, 9.17) is 5.11 Å². The molecule has 1 amide bonds. The minimum Gasteiger partial charge on any atom is -0.481 e. The fraction of sp³-hybridized carbons (Fsp3) is 0.333. The lowest BCUT2D eigenvalue weighted by Crippen LogP contribution is -2.36. The number of para-hydroxylation sites is 1. The molecule has 0 aliphatic heterocycles. The fourth-order valence-electron chi connectivity index (χ4n) is 2.20. The highest BCUT2D eigenvalue weighted by atomic mass is 16.4. The van der Waals surface area contributed by atoms with Crippen molar-refractivity contribution in [3.8, 4) is 0 Å². The summed E-state index contributed by atoms with van der Waals surface area (Å²) in [7, 11) is 0. The molecule has 0 bridgehead atoms. The normalized spacial score (nSPS) is 12.3. The molecule has 2 N–H and O–H groups in total. The van der Waals surface area contributed by atoms with Crippen LogP contribution in [0.3, 0.4) is 0 Å². The van der Waals surface area contributed by atoms with Crippen LogP contribution in [0.25, 0.3) is 10.9 Å².